The van der Waals surface area contributed by atoms with Crippen LogP contribution in [-0.2, 0) is 0 Å². The molecule has 1 aliphatic rings. The van der Waals surface area contributed by atoms with Gasteiger partial charge in [0.05, 0.1) is 4.47 Å². The maximum atomic E-state index is 12.9. The summed E-state index contributed by atoms with van der Waals surface area (Å²) in [5.41, 5.74) is 0.524. The lowest BCUT2D eigenvalue weighted by Crippen LogP contribution is -1.97. The van der Waals surface area contributed by atoms with E-state index in [1.807, 2.05) is 0 Å². The Morgan fingerprint density at radius 1 is 1.58 bits per heavy atom. The summed E-state index contributed by atoms with van der Waals surface area (Å²) in [6, 6.07) is 2.82. The van der Waals surface area contributed by atoms with Gasteiger partial charge in [0.1, 0.15) is 24.3 Å². The normalized spacial score (nSPS) is 20.4. The second kappa shape index (κ2) is 2.71. The monoisotopic (exact) mass is 232 g/mol. The number of hydrogen-bond donors (Lipinski definition) is 1. The van der Waals surface area contributed by atoms with Crippen molar-refractivity contribution in [2.75, 3.05) is 6.61 Å². The molecule has 1 aromatic rings. The van der Waals surface area contributed by atoms with Crippen LogP contribution in [-0.4, -0.2) is 11.7 Å². The van der Waals surface area contributed by atoms with Gasteiger partial charge >= 0.3 is 0 Å². The zero-order valence-corrected chi connectivity index (χ0v) is 7.64. The van der Waals surface area contributed by atoms with Gasteiger partial charge in [0.25, 0.3) is 0 Å². The quantitative estimate of drug-likeness (QED) is 0.742. The van der Waals surface area contributed by atoms with Crippen molar-refractivity contribution in [2.45, 2.75) is 6.10 Å². The molecule has 0 aromatic heterocycles. The zero-order chi connectivity index (χ0) is 8.72. The van der Waals surface area contributed by atoms with Crippen LogP contribution in [0, 0.1) is 5.82 Å². The molecule has 0 aliphatic carbocycles. The van der Waals surface area contributed by atoms with Gasteiger partial charge in [-0.1, -0.05) is 0 Å². The fourth-order valence-electron chi connectivity index (χ4n) is 1.19. The Morgan fingerprint density at radius 2 is 2.33 bits per heavy atom. The molecule has 4 heteroatoms. The minimum absolute atomic E-state index is 0.214. The van der Waals surface area contributed by atoms with E-state index < -0.39 is 6.10 Å². The van der Waals surface area contributed by atoms with E-state index in [1.165, 1.54) is 12.1 Å². The summed E-state index contributed by atoms with van der Waals surface area (Å²) < 4.78 is 18.4. The predicted octanol–water partition coefficient (Wildman–Crippen LogP) is 2.01. The molecule has 0 bridgehead atoms. The Bertz CT molecular complexity index is 327. The zero-order valence-electron chi connectivity index (χ0n) is 6.05. The van der Waals surface area contributed by atoms with Crippen molar-refractivity contribution >= 4 is 15.9 Å². The lowest BCUT2D eigenvalue weighted by Gasteiger charge is -2.00. The van der Waals surface area contributed by atoms with E-state index in [4.69, 9.17) is 4.74 Å². The van der Waals surface area contributed by atoms with Crippen LogP contribution < -0.4 is 4.74 Å². The number of rotatable bonds is 0. The molecule has 1 aliphatic heterocycles. The molecule has 0 saturated carbocycles. The molecule has 12 heavy (non-hydrogen) atoms. The van der Waals surface area contributed by atoms with Crippen LogP contribution in [0.3, 0.4) is 0 Å². The summed E-state index contributed by atoms with van der Waals surface area (Å²) in [7, 11) is 0. The molecule has 1 heterocycles. The first kappa shape index (κ1) is 8.01. The minimum atomic E-state index is -0.692. The smallest absolute Gasteiger partial charge is 0.138 e. The van der Waals surface area contributed by atoms with Gasteiger partial charge < -0.3 is 9.84 Å². The first-order valence-corrected chi connectivity index (χ1v) is 4.27. The molecule has 2 rings (SSSR count). The van der Waals surface area contributed by atoms with Crippen molar-refractivity contribution in [3.8, 4) is 5.75 Å². The second-order valence-electron chi connectivity index (χ2n) is 2.63. The number of ether oxygens (including phenoxy) is 1. The van der Waals surface area contributed by atoms with Crippen molar-refractivity contribution in [1.29, 1.82) is 0 Å². The number of aliphatic hydroxyl groups is 1. The average Bonchev–Trinajstić information content (AvgIpc) is 2.35. The number of aliphatic hydroxyl groups excluding tert-OH is 1. The summed E-state index contributed by atoms with van der Waals surface area (Å²) in [5, 5.41) is 9.29. The topological polar surface area (TPSA) is 29.5 Å². The van der Waals surface area contributed by atoms with E-state index in [2.05, 4.69) is 15.9 Å². The molecule has 1 unspecified atom stereocenters. The van der Waals surface area contributed by atoms with Crippen molar-refractivity contribution in [3.63, 3.8) is 0 Å². The van der Waals surface area contributed by atoms with E-state index in [0.717, 1.165) is 0 Å². The van der Waals surface area contributed by atoms with E-state index >= 15 is 0 Å². The van der Waals surface area contributed by atoms with Gasteiger partial charge in [0, 0.05) is 5.56 Å². The van der Waals surface area contributed by atoms with Gasteiger partial charge in [0.2, 0.25) is 0 Å². The van der Waals surface area contributed by atoms with Crippen LogP contribution in [0.2, 0.25) is 0 Å². The summed E-state index contributed by atoms with van der Waals surface area (Å²) >= 11 is 3.03. The van der Waals surface area contributed by atoms with Crippen LogP contribution in [0.5, 0.6) is 5.75 Å². The van der Waals surface area contributed by atoms with Gasteiger partial charge in [-0.15, -0.1) is 0 Å². The van der Waals surface area contributed by atoms with Crippen molar-refractivity contribution in [1.82, 2.24) is 0 Å². The fourth-order valence-corrected chi connectivity index (χ4v) is 1.51. The van der Waals surface area contributed by atoms with Gasteiger partial charge in [0.15, 0.2) is 0 Å². The molecular weight excluding hydrogens is 227 g/mol. The standard InChI is InChI=1S/C8H6BrFO2/c9-5-2-8-4(1-6(5)10)7(11)3-12-8/h1-2,7,11H,3H2. The minimum Gasteiger partial charge on any atom is -0.490 e. The maximum Gasteiger partial charge on any atom is 0.138 e. The highest BCUT2D eigenvalue weighted by molar-refractivity contribution is 9.10. The summed E-state index contributed by atoms with van der Waals surface area (Å²) in [5.74, 6) is 0.175. The maximum absolute atomic E-state index is 12.9. The molecule has 1 aromatic carbocycles. The first-order valence-electron chi connectivity index (χ1n) is 3.48. The summed E-state index contributed by atoms with van der Waals surface area (Å²) in [4.78, 5) is 0. The molecule has 0 saturated heterocycles. The van der Waals surface area contributed by atoms with E-state index in [0.29, 0.717) is 15.8 Å². The molecule has 1 N–H and O–H groups in total. The van der Waals surface area contributed by atoms with Crippen LogP contribution in [0.4, 0.5) is 4.39 Å². The summed E-state index contributed by atoms with van der Waals surface area (Å²) in [6.07, 6.45) is -0.692. The molecule has 0 fully saturated rings. The molecule has 1 atom stereocenters. The Morgan fingerprint density at radius 3 is 3.08 bits per heavy atom. The highest BCUT2D eigenvalue weighted by atomic mass is 79.9. The first-order chi connectivity index (χ1) is 5.68. The highest BCUT2D eigenvalue weighted by Gasteiger charge is 2.23. The number of hydrogen-bond acceptors (Lipinski definition) is 2. The van der Waals surface area contributed by atoms with Crippen LogP contribution in [0.15, 0.2) is 16.6 Å². The van der Waals surface area contributed by atoms with Gasteiger partial charge in [-0.2, -0.15) is 0 Å². The molecule has 0 spiro atoms. The third-order valence-electron chi connectivity index (χ3n) is 1.81. The van der Waals surface area contributed by atoms with Gasteiger partial charge in [-0.25, -0.2) is 4.39 Å². The molecule has 64 valence electrons. The predicted molar refractivity (Wildman–Crippen MR) is 44.6 cm³/mol. The van der Waals surface area contributed by atoms with E-state index in [9.17, 15) is 9.50 Å². The molecular formula is C8H6BrFO2. The van der Waals surface area contributed by atoms with Gasteiger partial charge in [-0.3, -0.25) is 0 Å². The lowest BCUT2D eigenvalue weighted by molar-refractivity contribution is 0.140. The van der Waals surface area contributed by atoms with Crippen molar-refractivity contribution < 1.29 is 14.2 Å². The number of fused-ring (bicyclic) bond motifs is 1. The van der Waals surface area contributed by atoms with Crippen molar-refractivity contribution in [2.24, 2.45) is 0 Å². The number of halogens is 2. The Kier molecular flexibility index (Phi) is 1.81. The highest BCUT2D eigenvalue weighted by Crippen LogP contribution is 2.35. The third kappa shape index (κ3) is 1.11. The third-order valence-corrected chi connectivity index (χ3v) is 2.42. The summed E-state index contributed by atoms with van der Waals surface area (Å²) in [6.45, 7) is 0.214. The van der Waals surface area contributed by atoms with Crippen LogP contribution in [0.25, 0.3) is 0 Å². The van der Waals surface area contributed by atoms with Crippen LogP contribution in [0.1, 0.15) is 11.7 Å². The Hall–Kier alpha value is -0.610. The van der Waals surface area contributed by atoms with Crippen molar-refractivity contribution in [3.05, 3.63) is 28.0 Å². The fraction of sp³-hybridized carbons (Fsp3) is 0.250. The Balaban J connectivity index is 2.56. The van der Waals surface area contributed by atoms with Gasteiger partial charge in [-0.05, 0) is 28.1 Å². The average molecular weight is 233 g/mol. The number of benzene rings is 1. The second-order valence-corrected chi connectivity index (χ2v) is 3.49. The largest absolute Gasteiger partial charge is 0.490 e. The van der Waals surface area contributed by atoms with E-state index in [-0.39, 0.29) is 12.4 Å². The lowest BCUT2D eigenvalue weighted by atomic mass is 10.1. The molecule has 0 radical (unpaired) electrons. The SMILES string of the molecule is OC1COc2cc(Br)c(F)cc21. The van der Waals surface area contributed by atoms with E-state index in [1.54, 1.807) is 0 Å². The molecule has 0 amide bonds. The molecule has 2 nitrogen and oxygen atoms in total. The Labute approximate surface area is 77.1 Å². The van der Waals surface area contributed by atoms with Crippen LogP contribution >= 0.6 is 15.9 Å².